The molecule has 0 aliphatic rings. The van der Waals surface area contributed by atoms with Gasteiger partial charge in [-0.15, -0.1) is 0 Å². The van der Waals surface area contributed by atoms with Crippen molar-refractivity contribution in [1.82, 2.24) is 0 Å². The van der Waals surface area contributed by atoms with E-state index in [9.17, 15) is 5.11 Å². The Balaban J connectivity index is 3.28. The Morgan fingerprint density at radius 2 is 1.89 bits per heavy atom. The molecular weight excluding hydrogens is 116 g/mol. The topological polar surface area (TPSA) is 29.1 Å². The first-order valence-electron chi connectivity index (χ1n) is 3.19. The second-order valence-electron chi connectivity index (χ2n) is 3.44. The van der Waals surface area contributed by atoms with Crippen LogP contribution in [0.2, 0.25) is 0 Å². The summed E-state index contributed by atoms with van der Waals surface area (Å²) in [7, 11) is 0. The van der Waals surface area contributed by atoms with E-state index in [0.29, 0.717) is 6.61 Å². The maximum absolute atomic E-state index is 10.4. The minimum absolute atomic E-state index is 0.110. The minimum Gasteiger partial charge on any atom is -0.349 e. The molecule has 0 aromatic heterocycles. The van der Waals surface area contributed by atoms with Crippen molar-refractivity contribution in [2.75, 3.05) is 6.61 Å². The fourth-order valence-electron chi connectivity index (χ4n) is 0.367. The standard InChI is InChI=1S/C7H15O2/c1-6(8)9-5-7(2,3)4/h6H,5H2,1-4H3. The molecule has 1 atom stereocenters. The Morgan fingerprint density at radius 3 is 2.00 bits per heavy atom. The van der Waals surface area contributed by atoms with Crippen molar-refractivity contribution in [2.24, 2.45) is 5.41 Å². The molecule has 1 radical (unpaired) electrons. The summed E-state index contributed by atoms with van der Waals surface area (Å²) in [5, 5.41) is 10.4. The van der Waals surface area contributed by atoms with E-state index in [0.717, 1.165) is 0 Å². The van der Waals surface area contributed by atoms with E-state index in [1.165, 1.54) is 6.92 Å². The normalized spacial score (nSPS) is 15.7. The monoisotopic (exact) mass is 131 g/mol. The SMILES string of the molecule is CC([O])OCC(C)(C)C. The van der Waals surface area contributed by atoms with Crippen LogP contribution in [-0.4, -0.2) is 12.9 Å². The molecule has 0 spiro atoms. The average molecular weight is 131 g/mol. The van der Waals surface area contributed by atoms with Crippen molar-refractivity contribution in [3.63, 3.8) is 0 Å². The van der Waals surface area contributed by atoms with Crippen molar-refractivity contribution in [1.29, 1.82) is 0 Å². The maximum Gasteiger partial charge on any atom is 0.188 e. The van der Waals surface area contributed by atoms with Crippen LogP contribution < -0.4 is 0 Å². The van der Waals surface area contributed by atoms with Crippen LogP contribution in [0.4, 0.5) is 0 Å². The van der Waals surface area contributed by atoms with Crippen molar-refractivity contribution in [3.05, 3.63) is 0 Å². The molecule has 55 valence electrons. The third-order valence-electron chi connectivity index (χ3n) is 0.751. The van der Waals surface area contributed by atoms with Crippen LogP contribution in [0.5, 0.6) is 0 Å². The Labute approximate surface area is 56.8 Å². The van der Waals surface area contributed by atoms with Gasteiger partial charge in [-0.3, -0.25) is 0 Å². The Kier molecular flexibility index (Phi) is 3.15. The van der Waals surface area contributed by atoms with Crippen molar-refractivity contribution in [2.45, 2.75) is 34.0 Å². The van der Waals surface area contributed by atoms with Gasteiger partial charge in [-0.25, -0.2) is 5.11 Å². The maximum atomic E-state index is 10.4. The molecule has 2 nitrogen and oxygen atoms in total. The molecule has 0 bridgehead atoms. The van der Waals surface area contributed by atoms with Crippen LogP contribution >= 0.6 is 0 Å². The van der Waals surface area contributed by atoms with Gasteiger partial charge in [-0.05, 0) is 12.3 Å². The van der Waals surface area contributed by atoms with Gasteiger partial charge in [-0.1, -0.05) is 20.8 Å². The molecule has 2 heteroatoms. The van der Waals surface area contributed by atoms with E-state index in [-0.39, 0.29) is 5.41 Å². The van der Waals surface area contributed by atoms with E-state index in [4.69, 9.17) is 4.74 Å². The van der Waals surface area contributed by atoms with Crippen LogP contribution in [0.3, 0.4) is 0 Å². The fourth-order valence-corrected chi connectivity index (χ4v) is 0.367. The summed E-state index contributed by atoms with van der Waals surface area (Å²) in [6.07, 6.45) is -0.885. The molecule has 0 aromatic rings. The van der Waals surface area contributed by atoms with Crippen molar-refractivity contribution in [3.8, 4) is 0 Å². The molecule has 0 N–H and O–H groups in total. The zero-order valence-corrected chi connectivity index (χ0v) is 6.60. The highest BCUT2D eigenvalue weighted by Crippen LogP contribution is 2.13. The Morgan fingerprint density at radius 1 is 1.44 bits per heavy atom. The van der Waals surface area contributed by atoms with Gasteiger partial charge in [0.15, 0.2) is 6.29 Å². The molecular formula is C7H15O2. The van der Waals surface area contributed by atoms with E-state index in [1.807, 2.05) is 20.8 Å². The lowest BCUT2D eigenvalue weighted by Crippen LogP contribution is -2.18. The fraction of sp³-hybridized carbons (Fsp3) is 1.00. The first kappa shape index (κ1) is 8.92. The van der Waals surface area contributed by atoms with Crippen LogP contribution in [-0.2, 0) is 9.84 Å². The quantitative estimate of drug-likeness (QED) is 0.525. The van der Waals surface area contributed by atoms with E-state index in [1.54, 1.807) is 0 Å². The number of hydrogen-bond donors (Lipinski definition) is 0. The zero-order chi connectivity index (χ0) is 7.49. The molecule has 0 aliphatic carbocycles. The van der Waals surface area contributed by atoms with E-state index >= 15 is 0 Å². The molecule has 0 rings (SSSR count). The van der Waals surface area contributed by atoms with Gasteiger partial charge in [-0.2, -0.15) is 0 Å². The average Bonchev–Trinajstić information content (AvgIpc) is 1.59. The second-order valence-corrected chi connectivity index (χ2v) is 3.44. The summed E-state index contributed by atoms with van der Waals surface area (Å²) in [4.78, 5) is 0. The molecule has 0 fully saturated rings. The molecule has 9 heavy (non-hydrogen) atoms. The van der Waals surface area contributed by atoms with E-state index in [2.05, 4.69) is 0 Å². The Bertz CT molecular complexity index is 71.5. The Hall–Kier alpha value is -0.0800. The lowest BCUT2D eigenvalue weighted by atomic mass is 9.99. The highest BCUT2D eigenvalue weighted by atomic mass is 16.6. The molecule has 0 aromatic carbocycles. The summed E-state index contributed by atoms with van der Waals surface area (Å²) in [6, 6.07) is 0. The predicted octanol–water partition coefficient (Wildman–Crippen LogP) is 1.83. The van der Waals surface area contributed by atoms with Crippen LogP contribution in [0.15, 0.2) is 0 Å². The molecule has 0 amide bonds. The van der Waals surface area contributed by atoms with Crippen molar-refractivity contribution < 1.29 is 9.84 Å². The molecule has 0 heterocycles. The molecule has 0 saturated carbocycles. The van der Waals surface area contributed by atoms with Gasteiger partial charge in [0.1, 0.15) is 0 Å². The molecule has 0 aliphatic heterocycles. The minimum atomic E-state index is -0.885. The molecule has 1 unspecified atom stereocenters. The van der Waals surface area contributed by atoms with Gasteiger partial charge < -0.3 is 4.74 Å². The highest BCUT2D eigenvalue weighted by Gasteiger charge is 2.11. The van der Waals surface area contributed by atoms with Gasteiger partial charge in [0.25, 0.3) is 0 Å². The van der Waals surface area contributed by atoms with Gasteiger partial charge in [0.05, 0.1) is 6.61 Å². The third-order valence-corrected chi connectivity index (χ3v) is 0.751. The first-order valence-corrected chi connectivity index (χ1v) is 3.19. The summed E-state index contributed by atoms with van der Waals surface area (Å²) < 4.78 is 4.85. The number of hydrogen-bond acceptors (Lipinski definition) is 1. The van der Waals surface area contributed by atoms with Crippen LogP contribution in [0.1, 0.15) is 27.7 Å². The largest absolute Gasteiger partial charge is 0.349 e. The summed E-state index contributed by atoms with van der Waals surface area (Å²) in [5.74, 6) is 0. The lowest BCUT2D eigenvalue weighted by Gasteiger charge is -2.18. The van der Waals surface area contributed by atoms with E-state index < -0.39 is 6.29 Å². The number of rotatable bonds is 2. The predicted molar refractivity (Wildman–Crippen MR) is 35.6 cm³/mol. The zero-order valence-electron chi connectivity index (χ0n) is 6.60. The third kappa shape index (κ3) is 7.92. The van der Waals surface area contributed by atoms with Gasteiger partial charge in [0, 0.05) is 0 Å². The van der Waals surface area contributed by atoms with Crippen molar-refractivity contribution >= 4 is 0 Å². The summed E-state index contributed by atoms with van der Waals surface area (Å²) in [5.41, 5.74) is 0.110. The van der Waals surface area contributed by atoms with Crippen LogP contribution in [0.25, 0.3) is 0 Å². The lowest BCUT2D eigenvalue weighted by molar-refractivity contribution is -0.142. The highest BCUT2D eigenvalue weighted by molar-refractivity contribution is 4.58. The molecule has 0 saturated heterocycles. The second kappa shape index (κ2) is 3.18. The number of ether oxygens (including phenoxy) is 1. The summed E-state index contributed by atoms with van der Waals surface area (Å²) >= 11 is 0. The van der Waals surface area contributed by atoms with Gasteiger partial charge >= 0.3 is 0 Å². The van der Waals surface area contributed by atoms with Crippen LogP contribution in [0, 0.1) is 5.41 Å². The van der Waals surface area contributed by atoms with Gasteiger partial charge in [0.2, 0.25) is 0 Å². The summed E-state index contributed by atoms with van der Waals surface area (Å²) in [6.45, 7) is 8.16. The first-order chi connectivity index (χ1) is 3.92. The smallest absolute Gasteiger partial charge is 0.188 e.